The molecule has 1 aromatic rings. The highest BCUT2D eigenvalue weighted by molar-refractivity contribution is 5.85. The van der Waals surface area contributed by atoms with Gasteiger partial charge in [0, 0.05) is 26.4 Å². The van der Waals surface area contributed by atoms with Crippen molar-refractivity contribution in [3.8, 4) is 0 Å². The Morgan fingerprint density at radius 3 is 2.59 bits per heavy atom. The molecule has 1 amide bonds. The first-order valence-corrected chi connectivity index (χ1v) is 6.89. The van der Waals surface area contributed by atoms with Crippen molar-refractivity contribution in [2.24, 2.45) is 11.7 Å². The molecule has 1 atom stereocenters. The van der Waals surface area contributed by atoms with Crippen molar-refractivity contribution in [2.75, 3.05) is 6.54 Å². The van der Waals surface area contributed by atoms with Gasteiger partial charge >= 0.3 is 5.82 Å². The van der Waals surface area contributed by atoms with Crippen LogP contribution in [0.2, 0.25) is 0 Å². The Hall–Kier alpha value is -1.67. The number of halogens is 1. The largest absolute Gasteiger partial charge is 0.381 e. The van der Waals surface area contributed by atoms with Gasteiger partial charge in [-0.1, -0.05) is 13.8 Å². The Bertz CT molecular complexity index is 532. The van der Waals surface area contributed by atoms with E-state index >= 15 is 0 Å². The van der Waals surface area contributed by atoms with Crippen molar-refractivity contribution in [2.45, 2.75) is 46.2 Å². The summed E-state index contributed by atoms with van der Waals surface area (Å²) in [6.07, 6.45) is 1.56. The van der Waals surface area contributed by atoms with E-state index in [9.17, 15) is 14.9 Å². The molecule has 0 aliphatic carbocycles. The van der Waals surface area contributed by atoms with E-state index in [1.807, 2.05) is 20.8 Å². The quantitative estimate of drug-likeness (QED) is 0.578. The predicted octanol–water partition coefficient (Wildman–Crippen LogP) is 1.40. The molecular formula is C13H24ClN5O3. The number of aromatic nitrogens is 2. The molecule has 1 aromatic heterocycles. The van der Waals surface area contributed by atoms with E-state index in [0.717, 1.165) is 0 Å². The van der Waals surface area contributed by atoms with Crippen LogP contribution in [0.4, 0.5) is 5.82 Å². The van der Waals surface area contributed by atoms with Gasteiger partial charge in [0.1, 0.15) is 6.20 Å². The van der Waals surface area contributed by atoms with Gasteiger partial charge in [0.15, 0.2) is 0 Å². The lowest BCUT2D eigenvalue weighted by Gasteiger charge is -2.33. The van der Waals surface area contributed by atoms with Crippen LogP contribution in [0.5, 0.6) is 0 Å². The zero-order chi connectivity index (χ0) is 16.2. The second-order valence-electron chi connectivity index (χ2n) is 5.67. The molecule has 1 heterocycles. The Kier molecular flexibility index (Phi) is 7.48. The number of nitro groups is 1. The fourth-order valence-electron chi connectivity index (χ4n) is 1.84. The highest BCUT2D eigenvalue weighted by atomic mass is 35.5. The molecule has 1 unspecified atom stereocenters. The first-order chi connectivity index (χ1) is 9.69. The molecule has 0 spiro atoms. The zero-order valence-corrected chi connectivity index (χ0v) is 14.1. The molecule has 9 heteroatoms. The summed E-state index contributed by atoms with van der Waals surface area (Å²) in [7, 11) is 0. The van der Waals surface area contributed by atoms with Gasteiger partial charge in [-0.2, -0.15) is 0 Å². The minimum Gasteiger partial charge on any atom is -0.358 e. The molecule has 126 valence electrons. The van der Waals surface area contributed by atoms with Crippen molar-refractivity contribution in [1.29, 1.82) is 0 Å². The molecule has 8 nitrogen and oxygen atoms in total. The average Bonchev–Trinajstić information content (AvgIpc) is 2.77. The third-order valence-corrected chi connectivity index (χ3v) is 3.85. The number of nitrogens with two attached hydrogens (primary N) is 1. The summed E-state index contributed by atoms with van der Waals surface area (Å²) >= 11 is 0. The standard InChI is InChI=1S/C13H23N5O3.ClH/c1-9(2)13(4,8-14)16-12(19)5-6-17-7-11(18(20)21)15-10(17)3;/h7,9H,5-6,8,14H2,1-4H3,(H,16,19);1H. The summed E-state index contributed by atoms with van der Waals surface area (Å²) in [5, 5.41) is 13.6. The first-order valence-electron chi connectivity index (χ1n) is 6.89. The Morgan fingerprint density at radius 2 is 2.18 bits per heavy atom. The van der Waals surface area contributed by atoms with Crippen LogP contribution in [0.15, 0.2) is 6.20 Å². The van der Waals surface area contributed by atoms with E-state index in [-0.39, 0.29) is 36.5 Å². The van der Waals surface area contributed by atoms with Gasteiger partial charge in [-0.25, -0.2) is 0 Å². The van der Waals surface area contributed by atoms with Crippen LogP contribution in [-0.4, -0.2) is 32.5 Å². The molecule has 1 rings (SSSR count). The van der Waals surface area contributed by atoms with Crippen LogP contribution < -0.4 is 11.1 Å². The lowest BCUT2D eigenvalue weighted by atomic mass is 9.88. The number of hydrogen-bond donors (Lipinski definition) is 2. The van der Waals surface area contributed by atoms with E-state index in [0.29, 0.717) is 18.9 Å². The summed E-state index contributed by atoms with van der Waals surface area (Å²) in [4.78, 5) is 25.9. The molecule has 0 radical (unpaired) electrons. The normalized spacial score (nSPS) is 13.4. The van der Waals surface area contributed by atoms with Gasteiger partial charge in [-0.3, -0.25) is 4.79 Å². The van der Waals surface area contributed by atoms with Crippen LogP contribution in [0.1, 0.15) is 33.0 Å². The summed E-state index contributed by atoms with van der Waals surface area (Å²) in [5.74, 6) is 0.386. The second-order valence-corrected chi connectivity index (χ2v) is 5.67. The van der Waals surface area contributed by atoms with Crippen LogP contribution in [-0.2, 0) is 11.3 Å². The number of imidazole rings is 1. The fraction of sp³-hybridized carbons (Fsp3) is 0.692. The molecule has 22 heavy (non-hydrogen) atoms. The number of aryl methyl sites for hydroxylation is 2. The summed E-state index contributed by atoms with van der Waals surface area (Å²) < 4.78 is 1.60. The van der Waals surface area contributed by atoms with Gasteiger partial charge in [0.2, 0.25) is 11.7 Å². The maximum atomic E-state index is 12.0. The van der Waals surface area contributed by atoms with E-state index in [1.54, 1.807) is 11.5 Å². The second kappa shape index (κ2) is 8.09. The molecule has 0 saturated heterocycles. The lowest BCUT2D eigenvalue weighted by molar-refractivity contribution is -0.389. The van der Waals surface area contributed by atoms with Crippen molar-refractivity contribution < 1.29 is 9.72 Å². The highest BCUT2D eigenvalue weighted by Gasteiger charge is 2.28. The predicted molar refractivity (Wildman–Crippen MR) is 85.9 cm³/mol. The third-order valence-electron chi connectivity index (χ3n) is 3.85. The van der Waals surface area contributed by atoms with Crippen molar-refractivity contribution >= 4 is 24.1 Å². The Morgan fingerprint density at radius 1 is 1.59 bits per heavy atom. The number of carbonyl (C=O) groups is 1. The SMILES string of the molecule is Cc1nc([N+](=O)[O-])cn1CCC(=O)NC(C)(CN)C(C)C.Cl. The maximum Gasteiger partial charge on any atom is 0.381 e. The number of nitrogens with zero attached hydrogens (tertiary/aromatic N) is 3. The van der Waals surface area contributed by atoms with Gasteiger partial charge < -0.3 is 25.7 Å². The zero-order valence-electron chi connectivity index (χ0n) is 13.3. The molecule has 0 aliphatic heterocycles. The highest BCUT2D eigenvalue weighted by Crippen LogP contribution is 2.15. The molecule has 0 fully saturated rings. The van der Waals surface area contributed by atoms with Gasteiger partial charge in [-0.15, -0.1) is 12.4 Å². The number of nitrogens with one attached hydrogen (secondary N) is 1. The molecule has 0 bridgehead atoms. The maximum absolute atomic E-state index is 12.0. The Balaban J connectivity index is 0.00000441. The Labute approximate surface area is 136 Å². The van der Waals surface area contributed by atoms with Gasteiger partial charge in [0.25, 0.3) is 0 Å². The molecule has 0 saturated carbocycles. The van der Waals surface area contributed by atoms with Crippen LogP contribution in [0.3, 0.4) is 0 Å². The number of carbonyl (C=O) groups excluding carboxylic acids is 1. The van der Waals surface area contributed by atoms with E-state index in [1.165, 1.54) is 6.20 Å². The number of hydrogen-bond acceptors (Lipinski definition) is 5. The molecule has 3 N–H and O–H groups in total. The average molecular weight is 334 g/mol. The van der Waals surface area contributed by atoms with Crippen LogP contribution in [0, 0.1) is 23.0 Å². The molecule has 0 aromatic carbocycles. The van der Waals surface area contributed by atoms with Crippen molar-refractivity contribution in [3.63, 3.8) is 0 Å². The van der Waals surface area contributed by atoms with E-state index < -0.39 is 10.5 Å². The number of amides is 1. The monoisotopic (exact) mass is 333 g/mol. The summed E-state index contributed by atoms with van der Waals surface area (Å²) in [6, 6.07) is 0. The topological polar surface area (TPSA) is 116 Å². The van der Waals surface area contributed by atoms with Crippen LogP contribution in [0.25, 0.3) is 0 Å². The first kappa shape index (κ1) is 20.3. The third kappa shape index (κ3) is 4.96. The van der Waals surface area contributed by atoms with Crippen molar-refractivity contribution in [1.82, 2.24) is 14.9 Å². The molecular weight excluding hydrogens is 310 g/mol. The minimum atomic E-state index is -0.548. The van der Waals surface area contributed by atoms with Gasteiger partial charge in [0.05, 0.1) is 5.54 Å². The van der Waals surface area contributed by atoms with Gasteiger partial charge in [-0.05, 0) is 22.7 Å². The molecule has 0 aliphatic rings. The van der Waals surface area contributed by atoms with E-state index in [4.69, 9.17) is 5.73 Å². The number of rotatable bonds is 7. The lowest BCUT2D eigenvalue weighted by Crippen LogP contribution is -2.55. The van der Waals surface area contributed by atoms with E-state index in [2.05, 4.69) is 10.3 Å². The summed E-state index contributed by atoms with van der Waals surface area (Å²) in [6.45, 7) is 8.27. The fourth-order valence-corrected chi connectivity index (χ4v) is 1.84. The van der Waals surface area contributed by atoms with Crippen molar-refractivity contribution in [3.05, 3.63) is 22.1 Å². The van der Waals surface area contributed by atoms with Crippen LogP contribution >= 0.6 is 12.4 Å². The summed E-state index contributed by atoms with van der Waals surface area (Å²) in [5.41, 5.74) is 5.27. The minimum absolute atomic E-state index is 0. The smallest absolute Gasteiger partial charge is 0.358 e.